The number of H-pyrrole nitrogens is 1. The number of aromatic nitrogens is 1. The van der Waals surface area contributed by atoms with Crippen LogP contribution in [0.3, 0.4) is 0 Å². The molecule has 0 aliphatic rings. The molecule has 0 aliphatic heterocycles. The number of aromatic amines is 1. The predicted molar refractivity (Wildman–Crippen MR) is 109 cm³/mol. The third-order valence-corrected chi connectivity index (χ3v) is 4.58. The summed E-state index contributed by atoms with van der Waals surface area (Å²) in [5.74, 6) is 0.149. The molecule has 1 aromatic heterocycles. The Kier molecular flexibility index (Phi) is 4.83. The molecule has 0 aliphatic carbocycles. The minimum Gasteiger partial charge on any atom is -0.508 e. The van der Waals surface area contributed by atoms with Gasteiger partial charge in [0.1, 0.15) is 5.75 Å². The van der Waals surface area contributed by atoms with E-state index >= 15 is 0 Å². The highest BCUT2D eigenvalue weighted by molar-refractivity contribution is 6.06. The third-order valence-electron chi connectivity index (χ3n) is 4.58. The number of phenolic OH excluding ortho intramolecular Hbond substituents is 1. The van der Waals surface area contributed by atoms with Crippen LogP contribution in [0.2, 0.25) is 0 Å². The van der Waals surface area contributed by atoms with Crippen molar-refractivity contribution in [3.05, 3.63) is 78.5 Å². The summed E-state index contributed by atoms with van der Waals surface area (Å²) in [5.41, 5.74) is 2.42. The fourth-order valence-electron chi connectivity index (χ4n) is 3.12. The van der Waals surface area contributed by atoms with Crippen molar-refractivity contribution in [2.45, 2.75) is 6.18 Å². The molecule has 8 heteroatoms. The van der Waals surface area contributed by atoms with Crippen LogP contribution in [0.4, 0.5) is 29.3 Å². The molecule has 0 bridgehead atoms. The average molecular weight is 411 g/mol. The lowest BCUT2D eigenvalue weighted by atomic mass is 10.0. The number of hydrogen-bond acceptors (Lipinski definition) is 2. The highest BCUT2D eigenvalue weighted by Crippen LogP contribution is 2.31. The molecule has 30 heavy (non-hydrogen) atoms. The fourth-order valence-corrected chi connectivity index (χ4v) is 3.12. The van der Waals surface area contributed by atoms with Gasteiger partial charge < -0.3 is 20.7 Å². The summed E-state index contributed by atoms with van der Waals surface area (Å²) in [6.07, 6.45) is -2.80. The Morgan fingerprint density at radius 2 is 1.63 bits per heavy atom. The van der Waals surface area contributed by atoms with Gasteiger partial charge in [-0.25, -0.2) is 4.79 Å². The Morgan fingerprint density at radius 1 is 0.900 bits per heavy atom. The van der Waals surface area contributed by atoms with Crippen LogP contribution >= 0.6 is 0 Å². The van der Waals surface area contributed by atoms with Crippen molar-refractivity contribution in [2.75, 3.05) is 10.6 Å². The van der Waals surface area contributed by atoms with Gasteiger partial charge in [0, 0.05) is 22.8 Å². The number of benzene rings is 3. The minimum absolute atomic E-state index is 0.149. The van der Waals surface area contributed by atoms with Gasteiger partial charge in [0.25, 0.3) is 0 Å². The smallest absolute Gasteiger partial charge is 0.416 e. The Labute approximate surface area is 169 Å². The van der Waals surface area contributed by atoms with Crippen molar-refractivity contribution >= 4 is 28.3 Å². The van der Waals surface area contributed by atoms with E-state index in [9.17, 15) is 23.1 Å². The summed E-state index contributed by atoms with van der Waals surface area (Å²) in [6, 6.07) is 16.0. The Morgan fingerprint density at radius 3 is 2.33 bits per heavy atom. The summed E-state index contributed by atoms with van der Waals surface area (Å²) in [6.45, 7) is 0. The molecule has 4 rings (SSSR count). The number of fused-ring (bicyclic) bond motifs is 1. The summed E-state index contributed by atoms with van der Waals surface area (Å²) >= 11 is 0. The predicted octanol–water partition coefficient (Wildman–Crippen LogP) is 6.20. The molecule has 0 saturated heterocycles. The maximum absolute atomic E-state index is 12.6. The SMILES string of the molecule is O=C(Nc1ccc(C(F)(F)F)cc1)Nc1c[nH]c2ccc(-c3cccc(O)c3)cc12. The van der Waals surface area contributed by atoms with E-state index in [0.29, 0.717) is 5.69 Å². The molecule has 0 radical (unpaired) electrons. The van der Waals surface area contributed by atoms with Gasteiger partial charge >= 0.3 is 12.2 Å². The van der Waals surface area contributed by atoms with Crippen LogP contribution in [-0.2, 0) is 6.18 Å². The Bertz CT molecular complexity index is 1210. The zero-order chi connectivity index (χ0) is 21.3. The van der Waals surface area contributed by atoms with Crippen LogP contribution in [0.25, 0.3) is 22.0 Å². The highest BCUT2D eigenvalue weighted by atomic mass is 19.4. The van der Waals surface area contributed by atoms with E-state index in [4.69, 9.17) is 0 Å². The number of phenols is 1. The van der Waals surface area contributed by atoms with Gasteiger partial charge in [-0.15, -0.1) is 0 Å². The number of carbonyl (C=O) groups is 1. The first kappa shape index (κ1) is 19.4. The van der Waals surface area contributed by atoms with E-state index in [2.05, 4.69) is 15.6 Å². The van der Waals surface area contributed by atoms with Gasteiger partial charge in [0.05, 0.1) is 11.3 Å². The van der Waals surface area contributed by atoms with Crippen LogP contribution in [0.5, 0.6) is 5.75 Å². The van der Waals surface area contributed by atoms with Crippen LogP contribution in [0, 0.1) is 0 Å². The van der Waals surface area contributed by atoms with Crippen LogP contribution in [0.1, 0.15) is 5.56 Å². The first-order valence-corrected chi connectivity index (χ1v) is 8.95. The average Bonchev–Trinajstić information content (AvgIpc) is 3.09. The molecule has 0 fully saturated rings. The van der Waals surface area contributed by atoms with Crippen molar-refractivity contribution < 1.29 is 23.1 Å². The monoisotopic (exact) mass is 411 g/mol. The molecule has 0 saturated carbocycles. The van der Waals surface area contributed by atoms with Crippen molar-refractivity contribution in [2.24, 2.45) is 0 Å². The number of nitrogens with one attached hydrogen (secondary N) is 3. The summed E-state index contributed by atoms with van der Waals surface area (Å²) in [4.78, 5) is 15.4. The van der Waals surface area contributed by atoms with Crippen molar-refractivity contribution in [3.8, 4) is 16.9 Å². The van der Waals surface area contributed by atoms with Gasteiger partial charge in [-0.05, 0) is 59.7 Å². The van der Waals surface area contributed by atoms with Crippen LogP contribution in [0.15, 0.2) is 72.9 Å². The summed E-state index contributed by atoms with van der Waals surface area (Å²) in [7, 11) is 0. The second-order valence-corrected chi connectivity index (χ2v) is 6.67. The molecule has 0 spiro atoms. The molecule has 4 aromatic rings. The topological polar surface area (TPSA) is 77.2 Å². The standard InChI is InChI=1S/C22H16F3N3O2/c23-22(24,25)15-5-7-16(8-6-15)27-21(30)28-20-12-26-19-9-4-14(11-18(19)20)13-2-1-3-17(29)10-13/h1-12,26,29H,(H2,27,28,30). The van der Waals surface area contributed by atoms with E-state index in [0.717, 1.165) is 34.2 Å². The molecule has 0 atom stereocenters. The minimum atomic E-state index is -4.43. The summed E-state index contributed by atoms with van der Waals surface area (Å²) < 4.78 is 37.9. The number of halogens is 3. The van der Waals surface area contributed by atoms with E-state index < -0.39 is 17.8 Å². The van der Waals surface area contributed by atoms with Crippen molar-refractivity contribution in [1.29, 1.82) is 0 Å². The second-order valence-electron chi connectivity index (χ2n) is 6.67. The Balaban J connectivity index is 1.53. The lowest BCUT2D eigenvalue weighted by molar-refractivity contribution is -0.137. The van der Waals surface area contributed by atoms with Gasteiger partial charge in [0.15, 0.2) is 0 Å². The Hall–Kier alpha value is -3.94. The largest absolute Gasteiger partial charge is 0.508 e. The number of aromatic hydroxyl groups is 1. The lowest BCUT2D eigenvalue weighted by Crippen LogP contribution is -2.19. The first-order valence-electron chi connectivity index (χ1n) is 8.95. The van der Waals surface area contributed by atoms with Crippen LogP contribution in [-0.4, -0.2) is 16.1 Å². The normalized spacial score (nSPS) is 11.4. The van der Waals surface area contributed by atoms with Crippen molar-refractivity contribution in [1.82, 2.24) is 4.98 Å². The van der Waals surface area contributed by atoms with Gasteiger partial charge in [0.2, 0.25) is 0 Å². The number of rotatable bonds is 3. The molecule has 4 N–H and O–H groups in total. The third kappa shape index (κ3) is 4.07. The first-order chi connectivity index (χ1) is 14.3. The molecule has 1 heterocycles. The fraction of sp³-hybridized carbons (Fsp3) is 0.0455. The van der Waals surface area contributed by atoms with Crippen molar-refractivity contribution in [3.63, 3.8) is 0 Å². The number of amides is 2. The van der Waals surface area contributed by atoms with E-state index in [1.807, 2.05) is 24.3 Å². The van der Waals surface area contributed by atoms with E-state index in [1.54, 1.807) is 24.4 Å². The van der Waals surface area contributed by atoms with Gasteiger partial charge in [-0.1, -0.05) is 18.2 Å². The second kappa shape index (κ2) is 7.47. The molecular weight excluding hydrogens is 395 g/mol. The van der Waals surface area contributed by atoms with Gasteiger partial charge in [-0.3, -0.25) is 0 Å². The van der Waals surface area contributed by atoms with E-state index in [-0.39, 0.29) is 11.4 Å². The molecule has 2 amide bonds. The zero-order valence-electron chi connectivity index (χ0n) is 15.4. The maximum Gasteiger partial charge on any atom is 0.416 e. The van der Waals surface area contributed by atoms with Gasteiger partial charge in [-0.2, -0.15) is 13.2 Å². The lowest BCUT2D eigenvalue weighted by Gasteiger charge is -2.10. The molecule has 3 aromatic carbocycles. The summed E-state index contributed by atoms with van der Waals surface area (Å²) in [5, 5.41) is 15.6. The molecule has 5 nitrogen and oxygen atoms in total. The number of hydrogen-bond donors (Lipinski definition) is 4. The quantitative estimate of drug-likeness (QED) is 0.324. The van der Waals surface area contributed by atoms with E-state index in [1.165, 1.54) is 12.1 Å². The number of alkyl halides is 3. The van der Waals surface area contributed by atoms with Crippen LogP contribution < -0.4 is 10.6 Å². The molecule has 152 valence electrons. The number of anilines is 2. The highest BCUT2D eigenvalue weighted by Gasteiger charge is 2.30. The maximum atomic E-state index is 12.6. The number of carbonyl (C=O) groups excluding carboxylic acids is 1. The zero-order valence-corrected chi connectivity index (χ0v) is 15.4. The molecule has 0 unspecified atom stereocenters. The number of urea groups is 1. The molecular formula is C22H16F3N3O2.